The van der Waals surface area contributed by atoms with Crippen molar-refractivity contribution in [1.29, 1.82) is 0 Å². The molecular formula is C23H25F3N6O5S. The zero-order chi connectivity index (χ0) is 27.6. The van der Waals surface area contributed by atoms with Crippen molar-refractivity contribution >= 4 is 27.2 Å². The molecule has 15 heteroatoms. The third-order valence-corrected chi connectivity index (χ3v) is 8.42. The van der Waals surface area contributed by atoms with Gasteiger partial charge in [-0.2, -0.15) is 22.8 Å². The Morgan fingerprint density at radius 1 is 1.21 bits per heavy atom. The molecule has 0 aromatic carbocycles. The number of piperidine rings is 1. The van der Waals surface area contributed by atoms with Gasteiger partial charge in [-0.25, -0.2) is 13.4 Å². The van der Waals surface area contributed by atoms with Crippen LogP contribution in [0.25, 0.3) is 16.8 Å². The van der Waals surface area contributed by atoms with Crippen molar-refractivity contribution in [3.05, 3.63) is 35.9 Å². The molecule has 11 nitrogen and oxygen atoms in total. The number of nitrogens with zero attached hydrogens (tertiary/aromatic N) is 5. The van der Waals surface area contributed by atoms with Crippen molar-refractivity contribution in [2.24, 2.45) is 0 Å². The predicted octanol–water partition coefficient (Wildman–Crippen LogP) is 1.60. The van der Waals surface area contributed by atoms with E-state index in [4.69, 9.17) is 5.73 Å². The summed E-state index contributed by atoms with van der Waals surface area (Å²) in [5.74, 6) is -0.874. The fourth-order valence-corrected chi connectivity index (χ4v) is 6.72. The van der Waals surface area contributed by atoms with E-state index in [1.165, 1.54) is 12.3 Å². The lowest BCUT2D eigenvalue weighted by Gasteiger charge is -2.39. The Kier molecular flexibility index (Phi) is 6.35. The minimum atomic E-state index is -4.87. The number of aliphatic hydroxyl groups excluding tert-OH is 2. The number of amides is 1. The summed E-state index contributed by atoms with van der Waals surface area (Å²) in [6.07, 6.45) is -1.78. The number of anilines is 1. The summed E-state index contributed by atoms with van der Waals surface area (Å²) in [6.45, 7) is -0.602. The van der Waals surface area contributed by atoms with Crippen LogP contribution in [0.3, 0.4) is 0 Å². The second kappa shape index (κ2) is 9.17. The number of halogens is 3. The molecule has 2 aliphatic heterocycles. The molecule has 0 aliphatic carbocycles. The highest BCUT2D eigenvalue weighted by molar-refractivity contribution is 7.91. The Balaban J connectivity index is 1.59. The lowest BCUT2D eigenvalue weighted by molar-refractivity contribution is -0.207. The standard InChI is InChI=1S/C23H25F3N6O5S/c1-38(36,37)19-18(12-6-13-3-4-14(7-12)31(13)17(34)10-33)30-22-15(9-29-32(22)21(19)27)11-2-5-16(28-8-11)20(35)23(24,25)26/h2,5,8-9,12-14,20,33,35H,3-4,6-7,10,27H2,1H3/t12?,13-,14?,20?/m0/s1. The van der Waals surface area contributed by atoms with Gasteiger partial charge >= 0.3 is 6.18 Å². The van der Waals surface area contributed by atoms with E-state index in [9.17, 15) is 36.6 Å². The van der Waals surface area contributed by atoms with E-state index in [-0.39, 0.29) is 46.0 Å². The van der Waals surface area contributed by atoms with Crippen molar-refractivity contribution < 1.29 is 36.6 Å². The highest BCUT2D eigenvalue weighted by Crippen LogP contribution is 2.45. The van der Waals surface area contributed by atoms with Crippen LogP contribution >= 0.6 is 0 Å². The van der Waals surface area contributed by atoms with Crippen LogP contribution < -0.4 is 5.73 Å². The Hall–Kier alpha value is -3.30. The summed E-state index contributed by atoms with van der Waals surface area (Å²) in [4.78, 5) is 22.2. The number of nitrogen functional groups attached to an aromatic ring is 1. The molecule has 5 rings (SSSR count). The maximum Gasteiger partial charge on any atom is 0.420 e. The maximum atomic E-state index is 12.9. The van der Waals surface area contributed by atoms with E-state index >= 15 is 0 Å². The lowest BCUT2D eigenvalue weighted by Crippen LogP contribution is -2.47. The highest BCUT2D eigenvalue weighted by atomic mass is 32.2. The number of carbonyl (C=O) groups excluding carboxylic acids is 1. The number of aliphatic hydroxyl groups is 2. The first-order chi connectivity index (χ1) is 17.8. The topological polar surface area (TPSA) is 164 Å². The molecule has 0 saturated carbocycles. The molecule has 4 atom stereocenters. The van der Waals surface area contributed by atoms with E-state index in [0.717, 1.165) is 35.9 Å². The van der Waals surface area contributed by atoms with Crippen LogP contribution in [0.15, 0.2) is 29.4 Å². The number of rotatable bonds is 5. The summed E-state index contributed by atoms with van der Waals surface area (Å²) >= 11 is 0. The predicted molar refractivity (Wildman–Crippen MR) is 127 cm³/mol. The fourth-order valence-electron chi connectivity index (χ4n) is 5.66. The van der Waals surface area contributed by atoms with Crippen LogP contribution in [0.1, 0.15) is 49.1 Å². The molecule has 3 aromatic rings. The summed E-state index contributed by atoms with van der Waals surface area (Å²) in [7, 11) is -3.85. The minimum Gasteiger partial charge on any atom is -0.387 e. The van der Waals surface area contributed by atoms with Gasteiger partial charge in [0.2, 0.25) is 5.91 Å². The molecule has 3 aromatic heterocycles. The van der Waals surface area contributed by atoms with Gasteiger partial charge in [0, 0.05) is 41.6 Å². The van der Waals surface area contributed by atoms with Gasteiger partial charge < -0.3 is 20.8 Å². The number of fused-ring (bicyclic) bond motifs is 3. The summed E-state index contributed by atoms with van der Waals surface area (Å²) in [6, 6.07) is 2.02. The Bertz CT molecular complexity index is 1490. The van der Waals surface area contributed by atoms with Crippen LogP contribution in [0, 0.1) is 0 Å². The first kappa shape index (κ1) is 26.3. The molecule has 3 unspecified atom stereocenters. The molecule has 2 bridgehead atoms. The SMILES string of the molecule is CS(=O)(=O)c1c(C2CC3CC[C@@H](C2)N3C(=O)CO)nc2c(-c3ccc(C(O)C(F)(F)F)nc3)cnn2c1N. The summed E-state index contributed by atoms with van der Waals surface area (Å²) < 4.78 is 65.4. The second-order valence-electron chi connectivity index (χ2n) is 9.71. The van der Waals surface area contributed by atoms with Crippen molar-refractivity contribution in [2.45, 2.75) is 60.9 Å². The molecule has 0 radical (unpaired) electrons. The average Bonchev–Trinajstić information content (AvgIpc) is 3.40. The number of aromatic nitrogens is 4. The zero-order valence-electron chi connectivity index (χ0n) is 20.1. The minimum absolute atomic E-state index is 0.156. The smallest absolute Gasteiger partial charge is 0.387 e. The molecule has 5 heterocycles. The normalized spacial score (nSPS) is 22.7. The largest absolute Gasteiger partial charge is 0.420 e. The first-order valence-electron chi connectivity index (χ1n) is 11.8. The fraction of sp³-hybridized carbons (Fsp3) is 0.478. The Labute approximate surface area is 215 Å². The molecule has 2 saturated heterocycles. The van der Waals surface area contributed by atoms with Crippen LogP contribution in [0.5, 0.6) is 0 Å². The van der Waals surface area contributed by atoms with Crippen molar-refractivity contribution in [3.63, 3.8) is 0 Å². The molecule has 38 heavy (non-hydrogen) atoms. The monoisotopic (exact) mass is 554 g/mol. The maximum absolute atomic E-state index is 12.9. The van der Waals surface area contributed by atoms with Crippen molar-refractivity contribution in [3.8, 4) is 11.1 Å². The number of pyridine rings is 1. The van der Waals surface area contributed by atoms with Crippen molar-refractivity contribution in [2.75, 3.05) is 18.6 Å². The van der Waals surface area contributed by atoms with Gasteiger partial charge in [-0.1, -0.05) is 6.07 Å². The highest BCUT2D eigenvalue weighted by Gasteiger charge is 2.45. The van der Waals surface area contributed by atoms with Gasteiger partial charge in [-0.15, -0.1) is 0 Å². The van der Waals surface area contributed by atoms with E-state index in [0.29, 0.717) is 24.0 Å². The summed E-state index contributed by atoms with van der Waals surface area (Å²) in [5, 5.41) is 23.0. The molecule has 0 spiro atoms. The van der Waals surface area contributed by atoms with Gasteiger partial charge in [0.15, 0.2) is 21.6 Å². The zero-order valence-corrected chi connectivity index (χ0v) is 20.9. The lowest BCUT2D eigenvalue weighted by atomic mass is 9.87. The van der Waals surface area contributed by atoms with Gasteiger partial charge in [0.1, 0.15) is 17.3 Å². The molecule has 2 aliphatic rings. The van der Waals surface area contributed by atoms with E-state index < -0.39 is 34.4 Å². The van der Waals surface area contributed by atoms with Crippen LogP contribution in [0.2, 0.25) is 0 Å². The van der Waals surface area contributed by atoms with Crippen LogP contribution in [-0.2, 0) is 14.6 Å². The first-order valence-corrected chi connectivity index (χ1v) is 13.7. The molecule has 2 fully saturated rings. The molecule has 204 valence electrons. The second-order valence-corrected chi connectivity index (χ2v) is 11.7. The van der Waals surface area contributed by atoms with Gasteiger partial charge in [-0.3, -0.25) is 9.78 Å². The third-order valence-electron chi connectivity index (χ3n) is 7.27. The van der Waals surface area contributed by atoms with E-state index in [1.807, 2.05) is 0 Å². The number of alkyl halides is 3. The quantitative estimate of drug-likeness (QED) is 0.425. The molecule has 4 N–H and O–H groups in total. The number of nitrogens with two attached hydrogens (primary N) is 1. The number of hydrogen-bond donors (Lipinski definition) is 3. The molecular weight excluding hydrogens is 529 g/mol. The van der Waals surface area contributed by atoms with Gasteiger partial charge in [-0.05, 0) is 31.7 Å². The van der Waals surface area contributed by atoms with Crippen LogP contribution in [-0.4, -0.2) is 80.1 Å². The van der Waals surface area contributed by atoms with E-state index in [1.54, 1.807) is 4.90 Å². The average molecular weight is 555 g/mol. The Morgan fingerprint density at radius 2 is 1.87 bits per heavy atom. The van der Waals surface area contributed by atoms with Gasteiger partial charge in [0.25, 0.3) is 0 Å². The van der Waals surface area contributed by atoms with Crippen molar-refractivity contribution in [1.82, 2.24) is 24.5 Å². The number of carbonyl (C=O) groups is 1. The number of hydrogen-bond acceptors (Lipinski definition) is 9. The van der Waals surface area contributed by atoms with Crippen LogP contribution in [0.4, 0.5) is 19.0 Å². The Morgan fingerprint density at radius 3 is 2.39 bits per heavy atom. The summed E-state index contributed by atoms with van der Waals surface area (Å²) in [5.41, 5.74) is 6.86. The van der Waals surface area contributed by atoms with Gasteiger partial charge in [0.05, 0.1) is 17.6 Å². The molecule has 1 amide bonds. The third kappa shape index (κ3) is 4.37. The van der Waals surface area contributed by atoms with E-state index in [2.05, 4.69) is 15.1 Å². The number of sulfone groups is 1.